The van der Waals surface area contributed by atoms with Crippen molar-refractivity contribution in [2.45, 2.75) is 13.0 Å². The highest BCUT2D eigenvalue weighted by molar-refractivity contribution is 5.78. The number of benzene rings is 1. The maximum Gasteiger partial charge on any atom is 0.251 e. The van der Waals surface area contributed by atoms with E-state index in [4.69, 9.17) is 4.74 Å². The number of para-hydroxylation sites is 1. The summed E-state index contributed by atoms with van der Waals surface area (Å²) in [5.41, 5.74) is 1.05. The van der Waals surface area contributed by atoms with Gasteiger partial charge in [0.15, 0.2) is 0 Å². The predicted molar refractivity (Wildman–Crippen MR) is 77.6 cm³/mol. The van der Waals surface area contributed by atoms with Crippen LogP contribution >= 0.6 is 0 Å². The van der Waals surface area contributed by atoms with Gasteiger partial charge in [-0.3, -0.25) is 4.79 Å². The third-order valence-electron chi connectivity index (χ3n) is 3.11. The van der Waals surface area contributed by atoms with Crippen molar-refractivity contribution < 1.29 is 4.74 Å². The van der Waals surface area contributed by atoms with Gasteiger partial charge in [0.05, 0.1) is 5.52 Å². The summed E-state index contributed by atoms with van der Waals surface area (Å²) in [7, 11) is 1.70. The monoisotopic (exact) mass is 260 g/mol. The summed E-state index contributed by atoms with van der Waals surface area (Å²) >= 11 is 0. The zero-order chi connectivity index (χ0) is 13.5. The fourth-order valence-corrected chi connectivity index (χ4v) is 2.13. The summed E-state index contributed by atoms with van der Waals surface area (Å²) < 4.78 is 6.81. The number of hydrogen-bond acceptors (Lipinski definition) is 3. The zero-order valence-electron chi connectivity index (χ0n) is 11.3. The molecular formula is C15H20N2O2. The summed E-state index contributed by atoms with van der Waals surface area (Å²) in [5.74, 6) is 0. The van der Waals surface area contributed by atoms with E-state index >= 15 is 0 Å². The van der Waals surface area contributed by atoms with E-state index in [2.05, 4.69) is 5.32 Å². The van der Waals surface area contributed by atoms with Gasteiger partial charge in [-0.1, -0.05) is 18.2 Å². The average Bonchev–Trinajstić information content (AvgIpc) is 2.44. The highest BCUT2D eigenvalue weighted by Crippen LogP contribution is 2.10. The fraction of sp³-hybridized carbons (Fsp3) is 0.400. The van der Waals surface area contributed by atoms with Crippen LogP contribution in [0.15, 0.2) is 41.2 Å². The van der Waals surface area contributed by atoms with Crippen LogP contribution in [0.2, 0.25) is 0 Å². The lowest BCUT2D eigenvalue weighted by Crippen LogP contribution is -2.27. The number of nitrogens with zero attached hydrogens (tertiary/aromatic N) is 1. The van der Waals surface area contributed by atoms with Gasteiger partial charge in [-0.25, -0.2) is 0 Å². The molecule has 0 saturated carbocycles. The van der Waals surface area contributed by atoms with Crippen LogP contribution in [0.4, 0.5) is 0 Å². The molecule has 102 valence electrons. The molecule has 4 nitrogen and oxygen atoms in total. The topological polar surface area (TPSA) is 43.3 Å². The molecule has 0 aliphatic heterocycles. The van der Waals surface area contributed by atoms with E-state index in [0.29, 0.717) is 6.54 Å². The summed E-state index contributed by atoms with van der Waals surface area (Å²) in [6, 6.07) is 11.5. The Bertz CT molecular complexity index is 578. The first kappa shape index (κ1) is 13.8. The largest absolute Gasteiger partial charge is 0.385 e. The van der Waals surface area contributed by atoms with E-state index in [1.807, 2.05) is 34.9 Å². The molecule has 0 fully saturated rings. The Morgan fingerprint density at radius 3 is 2.84 bits per heavy atom. The summed E-state index contributed by atoms with van der Waals surface area (Å²) in [4.78, 5) is 11.9. The van der Waals surface area contributed by atoms with Crippen molar-refractivity contribution in [3.05, 3.63) is 46.8 Å². The minimum Gasteiger partial charge on any atom is -0.385 e. The number of fused-ring (bicyclic) bond motifs is 1. The van der Waals surface area contributed by atoms with Gasteiger partial charge in [0, 0.05) is 32.9 Å². The van der Waals surface area contributed by atoms with E-state index in [-0.39, 0.29) is 5.56 Å². The third kappa shape index (κ3) is 3.66. The molecule has 1 heterocycles. The second-order valence-electron chi connectivity index (χ2n) is 4.48. The zero-order valence-corrected chi connectivity index (χ0v) is 11.3. The van der Waals surface area contributed by atoms with E-state index in [9.17, 15) is 4.79 Å². The van der Waals surface area contributed by atoms with E-state index in [1.54, 1.807) is 13.2 Å². The van der Waals surface area contributed by atoms with Gasteiger partial charge in [-0.05, 0) is 30.5 Å². The highest BCUT2D eigenvalue weighted by Gasteiger charge is 2.01. The first-order chi connectivity index (χ1) is 9.33. The van der Waals surface area contributed by atoms with Crippen LogP contribution in [0.1, 0.15) is 6.42 Å². The molecule has 0 atom stereocenters. The normalized spacial score (nSPS) is 11.0. The van der Waals surface area contributed by atoms with Crippen molar-refractivity contribution in [3.63, 3.8) is 0 Å². The molecular weight excluding hydrogens is 240 g/mol. The lowest BCUT2D eigenvalue weighted by Gasteiger charge is -2.10. The number of hydrogen-bond donors (Lipinski definition) is 1. The van der Waals surface area contributed by atoms with E-state index in [0.717, 1.165) is 37.0 Å². The smallest absolute Gasteiger partial charge is 0.251 e. The van der Waals surface area contributed by atoms with Gasteiger partial charge in [0.25, 0.3) is 5.56 Å². The number of pyridine rings is 1. The Morgan fingerprint density at radius 1 is 1.16 bits per heavy atom. The first-order valence-corrected chi connectivity index (χ1v) is 6.61. The second kappa shape index (κ2) is 7.07. The quantitative estimate of drug-likeness (QED) is 0.769. The second-order valence-corrected chi connectivity index (χ2v) is 4.48. The number of methoxy groups -OCH3 is 1. The predicted octanol–water partition coefficient (Wildman–Crippen LogP) is 1.63. The van der Waals surface area contributed by atoms with Gasteiger partial charge in [0.2, 0.25) is 0 Å². The van der Waals surface area contributed by atoms with Crippen LogP contribution in [-0.4, -0.2) is 31.4 Å². The first-order valence-electron chi connectivity index (χ1n) is 6.61. The van der Waals surface area contributed by atoms with Gasteiger partial charge >= 0.3 is 0 Å². The summed E-state index contributed by atoms with van der Waals surface area (Å²) in [6.45, 7) is 3.15. The lowest BCUT2D eigenvalue weighted by atomic mass is 10.2. The van der Waals surface area contributed by atoms with Gasteiger partial charge in [0.1, 0.15) is 0 Å². The molecule has 0 bridgehead atoms. The Hall–Kier alpha value is -1.65. The van der Waals surface area contributed by atoms with E-state index < -0.39 is 0 Å². The number of nitrogens with one attached hydrogen (secondary N) is 1. The average molecular weight is 260 g/mol. The molecule has 2 aromatic rings. The molecule has 0 radical (unpaired) electrons. The van der Waals surface area contributed by atoms with Crippen molar-refractivity contribution in [3.8, 4) is 0 Å². The van der Waals surface area contributed by atoms with Crippen LogP contribution in [0.3, 0.4) is 0 Å². The molecule has 1 aromatic heterocycles. The number of rotatable bonds is 7. The fourth-order valence-electron chi connectivity index (χ4n) is 2.13. The molecule has 1 aromatic carbocycles. The van der Waals surface area contributed by atoms with Crippen molar-refractivity contribution in [2.24, 2.45) is 0 Å². The van der Waals surface area contributed by atoms with Crippen LogP contribution in [0, 0.1) is 0 Å². The maximum atomic E-state index is 11.9. The highest BCUT2D eigenvalue weighted by atomic mass is 16.5. The molecule has 0 unspecified atom stereocenters. The summed E-state index contributed by atoms with van der Waals surface area (Å²) in [5, 5.41) is 4.42. The van der Waals surface area contributed by atoms with Crippen molar-refractivity contribution in [2.75, 3.05) is 26.8 Å². The standard InChI is InChI=1S/C15H20N2O2/c1-19-12-4-9-16-10-11-17-14-6-3-2-5-13(14)7-8-15(17)18/h2-3,5-8,16H,4,9-12H2,1H3. The van der Waals surface area contributed by atoms with Crippen LogP contribution in [0.25, 0.3) is 10.9 Å². The molecule has 0 saturated heterocycles. The number of ether oxygens (including phenoxy) is 1. The van der Waals surface area contributed by atoms with E-state index in [1.165, 1.54) is 0 Å². The molecule has 4 heteroatoms. The number of aromatic nitrogens is 1. The molecule has 2 rings (SSSR count). The van der Waals surface area contributed by atoms with Crippen molar-refractivity contribution in [1.82, 2.24) is 9.88 Å². The lowest BCUT2D eigenvalue weighted by molar-refractivity contribution is 0.194. The molecule has 0 spiro atoms. The van der Waals surface area contributed by atoms with Gasteiger partial charge < -0.3 is 14.6 Å². The van der Waals surface area contributed by atoms with Crippen LogP contribution < -0.4 is 10.9 Å². The van der Waals surface area contributed by atoms with Crippen LogP contribution in [0.5, 0.6) is 0 Å². The molecule has 19 heavy (non-hydrogen) atoms. The Labute approximate surface area is 113 Å². The Balaban J connectivity index is 2.00. The Kier molecular flexibility index (Phi) is 5.12. The molecule has 0 aliphatic carbocycles. The minimum absolute atomic E-state index is 0.0531. The molecule has 1 N–H and O–H groups in total. The van der Waals surface area contributed by atoms with Gasteiger partial charge in [-0.15, -0.1) is 0 Å². The van der Waals surface area contributed by atoms with Crippen LogP contribution in [-0.2, 0) is 11.3 Å². The third-order valence-corrected chi connectivity index (χ3v) is 3.11. The molecule has 0 amide bonds. The van der Waals surface area contributed by atoms with Gasteiger partial charge in [-0.2, -0.15) is 0 Å². The van der Waals surface area contributed by atoms with Crippen molar-refractivity contribution >= 4 is 10.9 Å². The Morgan fingerprint density at radius 2 is 2.00 bits per heavy atom. The SMILES string of the molecule is COCCCNCCn1c(=O)ccc2ccccc21. The minimum atomic E-state index is 0.0531. The summed E-state index contributed by atoms with van der Waals surface area (Å²) in [6.07, 6.45) is 0.987. The molecule has 0 aliphatic rings. The van der Waals surface area contributed by atoms with Crippen molar-refractivity contribution in [1.29, 1.82) is 0 Å². The maximum absolute atomic E-state index is 11.9.